The Morgan fingerprint density at radius 2 is 1.94 bits per heavy atom. The second-order valence-electron chi connectivity index (χ2n) is 4.01. The molecule has 3 N–H and O–H groups in total. The van der Waals surface area contributed by atoms with Crippen LogP contribution in [0.4, 0.5) is 5.69 Å². The molecule has 5 nitrogen and oxygen atoms in total. The fourth-order valence-electron chi connectivity index (χ4n) is 1.99. The lowest BCUT2D eigenvalue weighted by molar-refractivity contribution is 0.170. The number of hydrogen-bond acceptors (Lipinski definition) is 5. The third-order valence-electron chi connectivity index (χ3n) is 2.87. The first-order valence-corrected chi connectivity index (χ1v) is 5.67. The van der Waals surface area contributed by atoms with Gasteiger partial charge < -0.3 is 25.4 Å². The van der Waals surface area contributed by atoms with Gasteiger partial charge in [-0.3, -0.25) is 0 Å². The monoisotopic (exact) mass is 233 g/mol. The summed E-state index contributed by atoms with van der Waals surface area (Å²) >= 11 is 0. The molecule has 90 valence electrons. The van der Waals surface area contributed by atoms with Gasteiger partial charge in [-0.15, -0.1) is 0 Å². The van der Waals surface area contributed by atoms with Crippen LogP contribution in [0.3, 0.4) is 0 Å². The molecule has 0 amide bonds. The Morgan fingerprint density at radius 1 is 1.18 bits per heavy atom. The van der Waals surface area contributed by atoms with Gasteiger partial charge in [-0.05, 0) is 19.1 Å². The van der Waals surface area contributed by atoms with Crippen LogP contribution in [0.5, 0.6) is 11.5 Å². The topological polar surface area (TPSA) is 54.5 Å². The van der Waals surface area contributed by atoms with Crippen LogP contribution in [-0.4, -0.2) is 19.5 Å². The van der Waals surface area contributed by atoms with Crippen LogP contribution in [0.15, 0.2) is 24.5 Å². The molecule has 2 aliphatic rings. The van der Waals surface area contributed by atoms with Crippen molar-refractivity contribution < 1.29 is 9.47 Å². The minimum Gasteiger partial charge on any atom is -0.486 e. The average Bonchev–Trinajstić information content (AvgIpc) is 2.86. The van der Waals surface area contributed by atoms with Crippen molar-refractivity contribution in [3.8, 4) is 11.5 Å². The lowest BCUT2D eigenvalue weighted by atomic mass is 10.1. The standard InChI is InChI=1S/C12H15N3O2/c1-8-9(15-12-13-4-5-14-12)2-3-10-11(8)17-7-6-16-10/h2-5,12-15H,6-7H2,1H3. The summed E-state index contributed by atoms with van der Waals surface area (Å²) in [6.07, 6.45) is 3.76. The van der Waals surface area contributed by atoms with Crippen LogP contribution in [0.1, 0.15) is 5.56 Å². The Balaban J connectivity index is 1.84. The fraction of sp³-hybridized carbons (Fsp3) is 0.333. The van der Waals surface area contributed by atoms with E-state index in [0.717, 1.165) is 22.7 Å². The van der Waals surface area contributed by atoms with Crippen molar-refractivity contribution in [2.45, 2.75) is 13.2 Å². The van der Waals surface area contributed by atoms with Gasteiger partial charge in [0.25, 0.3) is 0 Å². The Labute approximate surface area is 99.8 Å². The van der Waals surface area contributed by atoms with E-state index in [9.17, 15) is 0 Å². The predicted molar refractivity (Wildman–Crippen MR) is 65.0 cm³/mol. The minimum absolute atomic E-state index is 0.0243. The Hall–Kier alpha value is -2.04. The van der Waals surface area contributed by atoms with Crippen molar-refractivity contribution >= 4 is 5.69 Å². The van der Waals surface area contributed by atoms with Crippen LogP contribution in [0.25, 0.3) is 0 Å². The molecule has 5 heteroatoms. The van der Waals surface area contributed by atoms with Crippen molar-refractivity contribution in [2.75, 3.05) is 18.5 Å². The molecule has 3 rings (SSSR count). The van der Waals surface area contributed by atoms with Gasteiger partial charge in [-0.25, -0.2) is 0 Å². The smallest absolute Gasteiger partial charge is 0.173 e. The normalized spacial score (nSPS) is 17.5. The van der Waals surface area contributed by atoms with Gasteiger partial charge in [0.2, 0.25) is 0 Å². The van der Waals surface area contributed by atoms with E-state index in [0.29, 0.717) is 13.2 Å². The minimum atomic E-state index is 0.0243. The van der Waals surface area contributed by atoms with Gasteiger partial charge in [0.1, 0.15) is 13.2 Å². The molecule has 1 aromatic carbocycles. The highest BCUT2D eigenvalue weighted by Crippen LogP contribution is 2.37. The predicted octanol–water partition coefficient (Wildman–Crippen LogP) is 1.13. The van der Waals surface area contributed by atoms with E-state index < -0.39 is 0 Å². The molecule has 0 saturated heterocycles. The third kappa shape index (κ3) is 1.84. The summed E-state index contributed by atoms with van der Waals surface area (Å²) in [6, 6.07) is 3.94. The maximum atomic E-state index is 5.64. The van der Waals surface area contributed by atoms with E-state index in [1.807, 2.05) is 31.5 Å². The highest BCUT2D eigenvalue weighted by atomic mass is 16.6. The first-order chi connectivity index (χ1) is 8.34. The van der Waals surface area contributed by atoms with E-state index in [-0.39, 0.29) is 6.29 Å². The van der Waals surface area contributed by atoms with E-state index >= 15 is 0 Å². The van der Waals surface area contributed by atoms with E-state index in [2.05, 4.69) is 16.0 Å². The Bertz CT molecular complexity index is 451. The summed E-state index contributed by atoms with van der Waals surface area (Å²) in [6.45, 7) is 3.26. The molecule has 0 aromatic heterocycles. The number of hydrogen-bond donors (Lipinski definition) is 3. The zero-order chi connectivity index (χ0) is 11.7. The molecule has 0 spiro atoms. The molecule has 0 unspecified atom stereocenters. The number of nitrogens with one attached hydrogen (secondary N) is 3. The molecule has 2 heterocycles. The second-order valence-corrected chi connectivity index (χ2v) is 4.01. The van der Waals surface area contributed by atoms with Crippen molar-refractivity contribution in [1.29, 1.82) is 0 Å². The highest BCUT2D eigenvalue weighted by molar-refractivity contribution is 5.63. The van der Waals surface area contributed by atoms with Crippen molar-refractivity contribution in [2.24, 2.45) is 0 Å². The summed E-state index contributed by atoms with van der Waals surface area (Å²) in [7, 11) is 0. The molecule has 0 aliphatic carbocycles. The van der Waals surface area contributed by atoms with E-state index in [1.54, 1.807) is 0 Å². The lowest BCUT2D eigenvalue weighted by Crippen LogP contribution is -2.38. The van der Waals surface area contributed by atoms with Gasteiger partial charge >= 0.3 is 0 Å². The first kappa shape index (κ1) is 10.1. The van der Waals surface area contributed by atoms with Gasteiger partial charge in [0, 0.05) is 23.7 Å². The zero-order valence-electron chi connectivity index (χ0n) is 9.62. The molecule has 0 atom stereocenters. The SMILES string of the molecule is Cc1c(NC2NC=CN2)ccc2c1OCCO2. The van der Waals surface area contributed by atoms with Crippen LogP contribution >= 0.6 is 0 Å². The second kappa shape index (κ2) is 4.08. The Kier molecular flexibility index (Phi) is 2.44. The maximum Gasteiger partial charge on any atom is 0.173 e. The molecular weight excluding hydrogens is 218 g/mol. The fourth-order valence-corrected chi connectivity index (χ4v) is 1.99. The molecule has 1 aromatic rings. The Morgan fingerprint density at radius 3 is 2.76 bits per heavy atom. The molecule has 17 heavy (non-hydrogen) atoms. The van der Waals surface area contributed by atoms with Crippen LogP contribution in [0, 0.1) is 6.92 Å². The summed E-state index contributed by atoms with van der Waals surface area (Å²) in [5, 5.41) is 9.61. The summed E-state index contributed by atoms with van der Waals surface area (Å²) in [4.78, 5) is 0. The van der Waals surface area contributed by atoms with Crippen LogP contribution in [0.2, 0.25) is 0 Å². The van der Waals surface area contributed by atoms with Gasteiger partial charge in [-0.1, -0.05) is 0 Å². The number of ether oxygens (including phenoxy) is 2. The van der Waals surface area contributed by atoms with Gasteiger partial charge in [-0.2, -0.15) is 0 Å². The summed E-state index contributed by atoms with van der Waals surface area (Å²) < 4.78 is 11.2. The zero-order valence-corrected chi connectivity index (χ0v) is 9.62. The number of rotatable bonds is 2. The lowest BCUT2D eigenvalue weighted by Gasteiger charge is -2.23. The molecule has 2 aliphatic heterocycles. The summed E-state index contributed by atoms with van der Waals surface area (Å²) in [5.74, 6) is 1.66. The van der Waals surface area contributed by atoms with E-state index in [1.165, 1.54) is 0 Å². The molecule has 0 saturated carbocycles. The number of anilines is 1. The molecule has 0 bridgehead atoms. The quantitative estimate of drug-likeness (QED) is 0.715. The highest BCUT2D eigenvalue weighted by Gasteiger charge is 2.18. The van der Waals surface area contributed by atoms with E-state index in [4.69, 9.17) is 9.47 Å². The summed E-state index contributed by atoms with van der Waals surface area (Å²) in [5.41, 5.74) is 2.10. The number of benzene rings is 1. The van der Waals surface area contributed by atoms with Crippen LogP contribution in [-0.2, 0) is 0 Å². The molecule has 0 fully saturated rings. The van der Waals surface area contributed by atoms with Crippen molar-refractivity contribution in [1.82, 2.24) is 10.6 Å². The van der Waals surface area contributed by atoms with Gasteiger partial charge in [0.05, 0.1) is 0 Å². The third-order valence-corrected chi connectivity index (χ3v) is 2.87. The van der Waals surface area contributed by atoms with Gasteiger partial charge in [0.15, 0.2) is 17.8 Å². The first-order valence-electron chi connectivity index (χ1n) is 5.67. The average molecular weight is 233 g/mol. The van der Waals surface area contributed by atoms with Crippen LogP contribution < -0.4 is 25.4 Å². The number of fused-ring (bicyclic) bond motifs is 1. The molecule has 0 radical (unpaired) electrons. The van der Waals surface area contributed by atoms with Crippen molar-refractivity contribution in [3.63, 3.8) is 0 Å². The largest absolute Gasteiger partial charge is 0.486 e. The maximum absolute atomic E-state index is 5.64. The molecular formula is C12H15N3O2. The van der Waals surface area contributed by atoms with Crippen molar-refractivity contribution in [3.05, 3.63) is 30.1 Å².